The van der Waals surface area contributed by atoms with Crippen molar-refractivity contribution in [2.45, 2.75) is 13.1 Å². The molecule has 1 aliphatic rings. The Morgan fingerprint density at radius 1 is 1.17 bits per heavy atom. The van der Waals surface area contributed by atoms with E-state index in [0.29, 0.717) is 31.9 Å². The van der Waals surface area contributed by atoms with Crippen molar-refractivity contribution in [1.29, 1.82) is 0 Å². The first-order valence-corrected chi connectivity index (χ1v) is 9.29. The molecule has 0 bridgehead atoms. The molecule has 2 aromatic rings. The summed E-state index contributed by atoms with van der Waals surface area (Å²) < 4.78 is 48.3. The maximum absolute atomic E-state index is 12.7. The molecule has 0 saturated carbocycles. The lowest BCUT2D eigenvalue weighted by Gasteiger charge is -2.34. The Kier molecular flexibility index (Phi) is 6.48. The Bertz CT molecular complexity index is 892. The molecule has 0 atom stereocenters. The minimum absolute atomic E-state index is 0.0242. The van der Waals surface area contributed by atoms with Crippen LogP contribution < -0.4 is 10.1 Å². The number of piperazine rings is 1. The first kappa shape index (κ1) is 21.5. The van der Waals surface area contributed by atoms with Crippen LogP contribution in [0.25, 0.3) is 0 Å². The fourth-order valence-electron chi connectivity index (χ4n) is 2.93. The summed E-state index contributed by atoms with van der Waals surface area (Å²) in [5, 5.41) is 6.35. The Labute approximate surface area is 170 Å². The van der Waals surface area contributed by atoms with Gasteiger partial charge in [0.1, 0.15) is 12.4 Å². The van der Waals surface area contributed by atoms with Crippen molar-refractivity contribution in [1.82, 2.24) is 20.3 Å². The molecule has 0 unspecified atom stereocenters. The topological polar surface area (TPSA) is 87.9 Å². The van der Waals surface area contributed by atoms with Crippen molar-refractivity contribution < 1.29 is 32.0 Å². The average Bonchev–Trinajstić information content (AvgIpc) is 3.16. The fraction of sp³-hybridized carbons (Fsp3) is 0.421. The summed E-state index contributed by atoms with van der Waals surface area (Å²) in [6.07, 6.45) is -4.44. The Morgan fingerprint density at radius 2 is 1.87 bits per heavy atom. The number of alkyl halides is 3. The molecule has 3 amide bonds. The third-order valence-corrected chi connectivity index (χ3v) is 4.50. The van der Waals surface area contributed by atoms with Gasteiger partial charge in [-0.05, 0) is 25.1 Å². The second-order valence-electron chi connectivity index (χ2n) is 6.72. The molecule has 30 heavy (non-hydrogen) atoms. The molecule has 11 heteroatoms. The number of amides is 3. The molecule has 0 spiro atoms. The van der Waals surface area contributed by atoms with Gasteiger partial charge < -0.3 is 24.4 Å². The van der Waals surface area contributed by atoms with Crippen molar-refractivity contribution in [3.8, 4) is 5.75 Å². The molecule has 1 aliphatic heterocycles. The Hall–Kier alpha value is -3.24. The largest absolute Gasteiger partial charge is 0.492 e. The number of aromatic nitrogens is 1. The number of benzene rings is 1. The maximum atomic E-state index is 12.7. The molecule has 8 nitrogen and oxygen atoms in total. The van der Waals surface area contributed by atoms with Crippen molar-refractivity contribution in [3.05, 3.63) is 47.3 Å². The van der Waals surface area contributed by atoms with Crippen LogP contribution in [-0.2, 0) is 6.18 Å². The molecule has 0 aliphatic carbocycles. The monoisotopic (exact) mass is 426 g/mol. The summed E-state index contributed by atoms with van der Waals surface area (Å²) in [5.41, 5.74) is -0.180. The van der Waals surface area contributed by atoms with Crippen LogP contribution in [0, 0.1) is 6.92 Å². The van der Waals surface area contributed by atoms with E-state index < -0.39 is 11.7 Å². The highest BCUT2D eigenvalue weighted by Gasteiger charge is 2.30. The number of hydrogen-bond acceptors (Lipinski definition) is 5. The van der Waals surface area contributed by atoms with Crippen LogP contribution in [0.2, 0.25) is 0 Å². The van der Waals surface area contributed by atoms with Crippen LogP contribution in [0.3, 0.4) is 0 Å². The molecule has 2 heterocycles. The summed E-state index contributed by atoms with van der Waals surface area (Å²) >= 11 is 0. The zero-order chi connectivity index (χ0) is 21.7. The van der Waals surface area contributed by atoms with Gasteiger partial charge in [-0.2, -0.15) is 13.2 Å². The SMILES string of the molecule is Cc1cc(C(=O)N2CCN(C(=O)NCCOc3cccc(C(F)(F)F)c3)CC2)on1. The molecule has 1 aromatic heterocycles. The van der Waals surface area contributed by atoms with E-state index in [4.69, 9.17) is 9.26 Å². The number of ether oxygens (including phenoxy) is 1. The lowest BCUT2D eigenvalue weighted by Crippen LogP contribution is -2.53. The van der Waals surface area contributed by atoms with Crippen LogP contribution in [0.1, 0.15) is 21.8 Å². The molecule has 1 N–H and O–H groups in total. The zero-order valence-corrected chi connectivity index (χ0v) is 16.2. The molecular weight excluding hydrogens is 405 g/mol. The van der Waals surface area contributed by atoms with E-state index in [1.54, 1.807) is 22.8 Å². The van der Waals surface area contributed by atoms with Gasteiger partial charge in [0.25, 0.3) is 5.91 Å². The summed E-state index contributed by atoms with van der Waals surface area (Å²) in [5.74, 6) is -0.0314. The molecular formula is C19H21F3N4O4. The number of urea groups is 1. The van der Waals surface area contributed by atoms with E-state index in [-0.39, 0.29) is 36.6 Å². The lowest BCUT2D eigenvalue weighted by atomic mass is 10.2. The number of nitrogens with one attached hydrogen (secondary N) is 1. The first-order valence-electron chi connectivity index (χ1n) is 9.29. The number of rotatable bonds is 5. The molecule has 1 fully saturated rings. The number of aryl methyl sites for hydroxylation is 1. The van der Waals surface area contributed by atoms with Crippen molar-refractivity contribution >= 4 is 11.9 Å². The lowest BCUT2D eigenvalue weighted by molar-refractivity contribution is -0.137. The van der Waals surface area contributed by atoms with Gasteiger partial charge in [-0.25, -0.2) is 4.79 Å². The molecule has 1 aromatic carbocycles. The predicted molar refractivity (Wildman–Crippen MR) is 99.1 cm³/mol. The minimum atomic E-state index is -4.44. The highest BCUT2D eigenvalue weighted by molar-refractivity contribution is 5.91. The summed E-state index contributed by atoms with van der Waals surface area (Å²) in [4.78, 5) is 27.7. The summed E-state index contributed by atoms with van der Waals surface area (Å²) in [7, 11) is 0. The molecule has 162 valence electrons. The standard InChI is InChI=1S/C19H21F3N4O4/c1-13-11-16(30-24-13)17(27)25-6-8-26(9-7-25)18(28)23-5-10-29-15-4-2-3-14(12-15)19(20,21)22/h2-4,11-12H,5-10H2,1H3,(H,23,28). The van der Waals surface area contributed by atoms with Crippen LogP contribution in [0.15, 0.2) is 34.9 Å². The van der Waals surface area contributed by atoms with E-state index in [2.05, 4.69) is 10.5 Å². The van der Waals surface area contributed by atoms with Gasteiger partial charge in [-0.3, -0.25) is 4.79 Å². The van der Waals surface area contributed by atoms with Crippen molar-refractivity contribution in [2.75, 3.05) is 39.3 Å². The fourth-order valence-corrected chi connectivity index (χ4v) is 2.93. The summed E-state index contributed by atoms with van der Waals surface area (Å²) in [6.45, 7) is 3.28. The van der Waals surface area contributed by atoms with Gasteiger partial charge in [-0.1, -0.05) is 11.2 Å². The first-order chi connectivity index (χ1) is 14.2. The van der Waals surface area contributed by atoms with Gasteiger partial charge in [0, 0.05) is 32.2 Å². The van der Waals surface area contributed by atoms with E-state index in [1.807, 2.05) is 0 Å². The number of carbonyl (C=O) groups excluding carboxylic acids is 2. The third-order valence-electron chi connectivity index (χ3n) is 4.50. The molecule has 0 radical (unpaired) electrons. The Morgan fingerprint density at radius 3 is 2.50 bits per heavy atom. The number of hydrogen-bond donors (Lipinski definition) is 1. The van der Waals surface area contributed by atoms with E-state index in [0.717, 1.165) is 12.1 Å². The second-order valence-corrected chi connectivity index (χ2v) is 6.72. The van der Waals surface area contributed by atoms with Crippen LogP contribution >= 0.6 is 0 Å². The summed E-state index contributed by atoms with van der Waals surface area (Å²) in [6, 6.07) is 5.79. The van der Waals surface area contributed by atoms with E-state index in [1.165, 1.54) is 12.1 Å². The number of halogens is 3. The van der Waals surface area contributed by atoms with Gasteiger partial charge in [0.05, 0.1) is 17.8 Å². The van der Waals surface area contributed by atoms with Gasteiger partial charge in [-0.15, -0.1) is 0 Å². The maximum Gasteiger partial charge on any atom is 0.416 e. The van der Waals surface area contributed by atoms with Crippen molar-refractivity contribution in [3.63, 3.8) is 0 Å². The van der Waals surface area contributed by atoms with Gasteiger partial charge >= 0.3 is 12.2 Å². The normalized spacial score (nSPS) is 14.5. The van der Waals surface area contributed by atoms with Gasteiger partial charge in [0.15, 0.2) is 0 Å². The predicted octanol–water partition coefficient (Wildman–Crippen LogP) is 2.55. The smallest absolute Gasteiger partial charge is 0.416 e. The molecule has 3 rings (SSSR count). The van der Waals surface area contributed by atoms with Crippen molar-refractivity contribution in [2.24, 2.45) is 0 Å². The van der Waals surface area contributed by atoms with Crippen LogP contribution in [0.5, 0.6) is 5.75 Å². The van der Waals surface area contributed by atoms with Crippen LogP contribution in [-0.4, -0.2) is 66.2 Å². The number of carbonyl (C=O) groups is 2. The molecule has 1 saturated heterocycles. The quantitative estimate of drug-likeness (QED) is 0.743. The minimum Gasteiger partial charge on any atom is -0.492 e. The zero-order valence-electron chi connectivity index (χ0n) is 16.2. The average molecular weight is 426 g/mol. The third kappa shape index (κ3) is 5.43. The van der Waals surface area contributed by atoms with E-state index >= 15 is 0 Å². The van der Waals surface area contributed by atoms with Crippen LogP contribution in [0.4, 0.5) is 18.0 Å². The van der Waals surface area contributed by atoms with E-state index in [9.17, 15) is 22.8 Å². The van der Waals surface area contributed by atoms with Gasteiger partial charge in [0.2, 0.25) is 5.76 Å². The highest BCUT2D eigenvalue weighted by atomic mass is 19.4. The second kappa shape index (κ2) is 9.06. The highest BCUT2D eigenvalue weighted by Crippen LogP contribution is 2.31. The Balaban J connectivity index is 1.39. The number of nitrogens with zero attached hydrogens (tertiary/aromatic N) is 3.